The second kappa shape index (κ2) is 11.8. The average Bonchev–Trinajstić information content (AvgIpc) is 2.81. The number of likely N-dealkylation sites (tertiary alicyclic amines) is 1. The summed E-state index contributed by atoms with van der Waals surface area (Å²) in [5.74, 6) is -0.0603. The van der Waals surface area contributed by atoms with Gasteiger partial charge >= 0.3 is 28.3 Å². The first-order valence-corrected chi connectivity index (χ1v) is 11.5. The molecule has 5 nitrogen and oxygen atoms in total. The van der Waals surface area contributed by atoms with E-state index in [0.717, 1.165) is 37.7 Å². The molecule has 0 spiro atoms. The average molecular weight is 468 g/mol. The molecule has 31 heavy (non-hydrogen) atoms. The molecule has 6 heteroatoms. The molecule has 0 aromatic heterocycles. The van der Waals surface area contributed by atoms with Crippen molar-refractivity contribution < 1.29 is 26.1 Å². The zero-order valence-corrected chi connectivity index (χ0v) is 19.7. The maximum Gasteiger partial charge on any atom is 2.00 e. The topological polar surface area (TPSA) is 71.7 Å². The summed E-state index contributed by atoms with van der Waals surface area (Å²) < 4.78 is 0. The maximum absolute atomic E-state index is 13.2. The fraction of sp³-hybridized carbons (Fsp3) is 0.640. The minimum Gasteiger partial charge on any atom is -0.872 e. The molecule has 0 radical (unpaired) electrons. The number of rotatable bonds is 2. The summed E-state index contributed by atoms with van der Waals surface area (Å²) >= 11 is 0. The Bertz CT molecular complexity index is 758. The molecule has 3 aliphatic rings. The molecule has 0 aromatic carbocycles. The molecule has 3 rings (SSSR count). The number of hydrogen-bond donors (Lipinski definition) is 1. The minimum atomic E-state index is -0.495. The van der Waals surface area contributed by atoms with E-state index in [2.05, 4.69) is 19.2 Å². The first-order chi connectivity index (χ1) is 14.3. The van der Waals surface area contributed by atoms with Crippen LogP contribution < -0.4 is 5.32 Å². The van der Waals surface area contributed by atoms with E-state index in [4.69, 9.17) is 6.58 Å². The van der Waals surface area contributed by atoms with Gasteiger partial charge in [0.05, 0.1) is 6.04 Å². The molecule has 0 bridgehead atoms. The summed E-state index contributed by atoms with van der Waals surface area (Å²) in [4.78, 5) is 27.8. The summed E-state index contributed by atoms with van der Waals surface area (Å²) in [7, 11) is 0. The summed E-state index contributed by atoms with van der Waals surface area (Å²) in [6.07, 6.45) is 14.7. The van der Waals surface area contributed by atoms with Gasteiger partial charge in [-0.1, -0.05) is 51.5 Å². The molecule has 2 amide bonds. The predicted octanol–water partition coefficient (Wildman–Crippen LogP) is 4.34. The minimum absolute atomic E-state index is 0. The third-order valence-electron chi connectivity index (χ3n) is 6.73. The smallest absolute Gasteiger partial charge is 0.872 e. The summed E-state index contributed by atoms with van der Waals surface area (Å²) in [6.45, 7) is 10.6. The van der Waals surface area contributed by atoms with Crippen molar-refractivity contribution in [2.24, 2.45) is 11.8 Å². The van der Waals surface area contributed by atoms with Crippen LogP contribution in [0, 0.1) is 18.4 Å². The largest absolute Gasteiger partial charge is 2.00 e. The molecule has 1 N–H and O–H groups in total. The van der Waals surface area contributed by atoms with Crippen molar-refractivity contribution in [1.29, 1.82) is 0 Å². The molecule has 1 aliphatic heterocycles. The third kappa shape index (κ3) is 6.90. The standard InChI is InChI=1S/C25H35N3O2.Ni/c1-17-8-6-4-5-7-9-21(14-17)27-24(29)25(30)28-16-18(2)10-13-23(28)20-12-11-19(3)22(26)15-20;/h3,11-12,15,17-18,21,23H,4-10,13-14,16H2,1-2H3,(H,27,29);/q-2;+2/t17?,18-,21?,23+;/m0./s1. The van der Waals surface area contributed by atoms with Gasteiger partial charge in [-0.2, -0.15) is 6.08 Å². The third-order valence-corrected chi connectivity index (χ3v) is 6.73. The van der Waals surface area contributed by atoms with Gasteiger partial charge in [-0.15, -0.1) is 12.2 Å². The number of carbonyl (C=O) groups excluding carboxylic acids is 2. The molecular weight excluding hydrogens is 433 g/mol. The summed E-state index contributed by atoms with van der Waals surface area (Å²) in [5.41, 5.74) is 1.15. The first kappa shape index (κ1) is 25.6. The van der Waals surface area contributed by atoms with E-state index < -0.39 is 11.8 Å². The molecule has 2 fully saturated rings. The van der Waals surface area contributed by atoms with Crippen molar-refractivity contribution in [1.82, 2.24) is 10.2 Å². The van der Waals surface area contributed by atoms with Crippen molar-refractivity contribution in [2.45, 2.75) is 83.7 Å². The first-order valence-electron chi connectivity index (χ1n) is 11.5. The van der Waals surface area contributed by atoms with Crippen molar-refractivity contribution in [2.75, 3.05) is 6.54 Å². The fourth-order valence-corrected chi connectivity index (χ4v) is 4.96. The summed E-state index contributed by atoms with van der Waals surface area (Å²) in [6, 6.07) is -0.152. The van der Waals surface area contributed by atoms with E-state index in [1.807, 2.05) is 6.08 Å². The molecule has 4 atom stereocenters. The van der Waals surface area contributed by atoms with Gasteiger partial charge in [0, 0.05) is 12.6 Å². The van der Waals surface area contributed by atoms with Gasteiger partial charge in [-0.25, -0.2) is 12.2 Å². The van der Waals surface area contributed by atoms with Gasteiger partial charge in [0.1, 0.15) is 0 Å². The number of hydrogen-bond acceptors (Lipinski definition) is 2. The van der Waals surface area contributed by atoms with Crippen molar-refractivity contribution in [3.05, 3.63) is 41.4 Å². The Morgan fingerprint density at radius 2 is 1.74 bits per heavy atom. The van der Waals surface area contributed by atoms with Crippen LogP contribution in [0.5, 0.6) is 0 Å². The van der Waals surface area contributed by atoms with Crippen molar-refractivity contribution in [3.8, 4) is 0 Å². The molecule has 172 valence electrons. The van der Waals surface area contributed by atoms with Crippen LogP contribution >= 0.6 is 0 Å². The molecular formula is C25H35N3NiO2. The zero-order chi connectivity index (χ0) is 21.7. The molecule has 2 unspecified atom stereocenters. The molecule has 1 saturated heterocycles. The van der Waals surface area contributed by atoms with Crippen molar-refractivity contribution >= 4 is 17.5 Å². The van der Waals surface area contributed by atoms with Crippen molar-refractivity contribution in [3.63, 3.8) is 0 Å². The Hall–Kier alpha value is -1.68. The zero-order valence-electron chi connectivity index (χ0n) is 18.7. The Labute approximate surface area is 197 Å². The van der Waals surface area contributed by atoms with Crippen LogP contribution in [0.3, 0.4) is 0 Å². The van der Waals surface area contributed by atoms with E-state index in [9.17, 15) is 15.0 Å². The van der Waals surface area contributed by atoms with Gasteiger partial charge in [-0.05, 0) is 37.5 Å². The van der Waals surface area contributed by atoms with Gasteiger partial charge < -0.3 is 15.6 Å². The van der Waals surface area contributed by atoms with Gasteiger partial charge in [0.15, 0.2) is 0 Å². The van der Waals surface area contributed by atoms with Crippen LogP contribution in [0.2, 0.25) is 0 Å². The van der Waals surface area contributed by atoms with Gasteiger partial charge in [0.25, 0.3) is 0 Å². The van der Waals surface area contributed by atoms with E-state index in [0.29, 0.717) is 24.0 Å². The van der Waals surface area contributed by atoms with Crippen LogP contribution in [0.25, 0.3) is 5.41 Å². The second-order valence-electron chi connectivity index (χ2n) is 9.48. The maximum atomic E-state index is 13.2. The normalized spacial score (nSPS) is 29.7. The predicted molar refractivity (Wildman–Crippen MR) is 121 cm³/mol. The second-order valence-corrected chi connectivity index (χ2v) is 9.48. The summed E-state index contributed by atoms with van der Waals surface area (Å²) in [5, 5.41) is 13.1. The van der Waals surface area contributed by atoms with E-state index >= 15 is 0 Å². The van der Waals surface area contributed by atoms with E-state index in [1.165, 1.54) is 25.7 Å². The SMILES string of the molecule is [CH-]=C1C=CC([C@H]2CC[C@H](C)CN2C(=O)C(=O)NC2CCCCCCC(C)C2)=CC1=[N-].[Ni+2]. The number of amides is 2. The fourth-order valence-electron chi connectivity index (χ4n) is 4.96. The Kier molecular flexibility index (Phi) is 9.74. The quantitative estimate of drug-likeness (QED) is 0.372. The van der Waals surface area contributed by atoms with Crippen LogP contribution in [0.1, 0.15) is 71.6 Å². The molecule has 1 saturated carbocycles. The molecule has 2 aliphatic carbocycles. The number of carbonyl (C=O) groups is 2. The van der Waals surface area contributed by atoms with Crippen LogP contribution in [0.15, 0.2) is 29.4 Å². The monoisotopic (exact) mass is 467 g/mol. The van der Waals surface area contributed by atoms with Crippen LogP contribution in [-0.2, 0) is 26.1 Å². The Morgan fingerprint density at radius 3 is 2.45 bits per heavy atom. The molecule has 0 aromatic rings. The van der Waals surface area contributed by atoms with Gasteiger partial charge in [0.2, 0.25) is 0 Å². The number of nitrogens with one attached hydrogen (secondary N) is 1. The Balaban J connectivity index is 0.00000341. The van der Waals surface area contributed by atoms with E-state index in [1.54, 1.807) is 17.1 Å². The van der Waals surface area contributed by atoms with E-state index in [-0.39, 0.29) is 34.3 Å². The van der Waals surface area contributed by atoms with Crippen LogP contribution in [0.4, 0.5) is 0 Å². The molecule has 1 heterocycles. The number of piperidine rings is 1. The van der Waals surface area contributed by atoms with Gasteiger partial charge in [-0.3, -0.25) is 15.3 Å². The van der Waals surface area contributed by atoms with Crippen LogP contribution in [-0.4, -0.2) is 41.1 Å². The number of nitrogens with zero attached hydrogens (tertiary/aromatic N) is 2. The number of allylic oxidation sites excluding steroid dienone is 3. The Morgan fingerprint density at radius 1 is 1.03 bits per heavy atom.